The Bertz CT molecular complexity index is 506. The zero-order valence-corrected chi connectivity index (χ0v) is 13.2. The minimum absolute atomic E-state index is 0.230. The Morgan fingerprint density at radius 1 is 1.33 bits per heavy atom. The molecule has 0 aromatic heterocycles. The zero-order valence-electron chi connectivity index (χ0n) is 13.2. The predicted molar refractivity (Wildman–Crippen MR) is 83.8 cm³/mol. The van der Waals surface area contributed by atoms with Crippen LogP contribution in [0.2, 0.25) is 0 Å². The van der Waals surface area contributed by atoms with Crippen molar-refractivity contribution in [3.8, 4) is 11.5 Å². The second-order valence-electron chi connectivity index (χ2n) is 6.44. The summed E-state index contributed by atoms with van der Waals surface area (Å²) in [6.45, 7) is 8.00. The van der Waals surface area contributed by atoms with Crippen LogP contribution in [0.25, 0.3) is 0 Å². The minimum Gasteiger partial charge on any atom is -0.507 e. The number of piperazine rings is 1. The third kappa shape index (κ3) is 2.74. The van der Waals surface area contributed by atoms with Crippen molar-refractivity contribution in [2.24, 2.45) is 0 Å². The van der Waals surface area contributed by atoms with Crippen molar-refractivity contribution in [3.05, 3.63) is 23.8 Å². The Balaban J connectivity index is 1.79. The first-order valence-electron chi connectivity index (χ1n) is 7.97. The molecule has 4 nitrogen and oxygen atoms in total. The van der Waals surface area contributed by atoms with Crippen LogP contribution in [0.15, 0.2) is 18.2 Å². The van der Waals surface area contributed by atoms with Crippen LogP contribution in [0.5, 0.6) is 11.5 Å². The van der Waals surface area contributed by atoms with Crippen LogP contribution in [0.4, 0.5) is 0 Å². The van der Waals surface area contributed by atoms with E-state index >= 15 is 0 Å². The van der Waals surface area contributed by atoms with E-state index in [4.69, 9.17) is 4.74 Å². The van der Waals surface area contributed by atoms with Gasteiger partial charge in [-0.3, -0.25) is 9.80 Å². The van der Waals surface area contributed by atoms with E-state index in [0.29, 0.717) is 23.6 Å². The lowest BCUT2D eigenvalue weighted by Crippen LogP contribution is -2.55. The van der Waals surface area contributed by atoms with E-state index < -0.39 is 0 Å². The van der Waals surface area contributed by atoms with Gasteiger partial charge < -0.3 is 9.84 Å². The van der Waals surface area contributed by atoms with Crippen LogP contribution in [0, 0.1) is 0 Å². The molecule has 1 N–H and O–H groups in total. The van der Waals surface area contributed by atoms with Crippen LogP contribution < -0.4 is 4.74 Å². The maximum absolute atomic E-state index is 10.3. The smallest absolute Gasteiger partial charge is 0.124 e. The van der Waals surface area contributed by atoms with Gasteiger partial charge in [0.2, 0.25) is 0 Å². The van der Waals surface area contributed by atoms with Gasteiger partial charge in [-0.2, -0.15) is 0 Å². The summed E-state index contributed by atoms with van der Waals surface area (Å²) in [4.78, 5) is 5.16. The van der Waals surface area contributed by atoms with Crippen molar-refractivity contribution in [2.45, 2.75) is 44.8 Å². The summed E-state index contributed by atoms with van der Waals surface area (Å²) in [6, 6.07) is 7.09. The fourth-order valence-electron chi connectivity index (χ4n) is 3.93. The molecule has 0 bridgehead atoms. The molecule has 3 unspecified atom stereocenters. The second-order valence-corrected chi connectivity index (χ2v) is 6.44. The third-order valence-electron chi connectivity index (χ3n) is 5.17. The first kappa shape index (κ1) is 14.7. The van der Waals surface area contributed by atoms with Gasteiger partial charge in [-0.25, -0.2) is 0 Å². The Hall–Kier alpha value is -1.26. The van der Waals surface area contributed by atoms with Gasteiger partial charge in [0, 0.05) is 42.8 Å². The van der Waals surface area contributed by atoms with E-state index in [-0.39, 0.29) is 6.04 Å². The fourth-order valence-corrected chi connectivity index (χ4v) is 3.93. The molecule has 2 saturated heterocycles. The number of methoxy groups -OCH3 is 1. The Kier molecular flexibility index (Phi) is 4.09. The number of benzene rings is 1. The summed E-state index contributed by atoms with van der Waals surface area (Å²) in [7, 11) is 1.62. The summed E-state index contributed by atoms with van der Waals surface area (Å²) < 4.78 is 5.17. The van der Waals surface area contributed by atoms with Crippen molar-refractivity contribution < 1.29 is 9.84 Å². The lowest BCUT2D eigenvalue weighted by molar-refractivity contribution is 0.0319. The van der Waals surface area contributed by atoms with Gasteiger partial charge in [-0.05, 0) is 39.3 Å². The van der Waals surface area contributed by atoms with Crippen molar-refractivity contribution in [1.29, 1.82) is 0 Å². The van der Waals surface area contributed by atoms with Crippen LogP contribution >= 0.6 is 0 Å². The van der Waals surface area contributed by atoms with E-state index in [9.17, 15) is 5.11 Å². The number of phenolic OH excluding ortho intramolecular Hbond substituents is 1. The number of aromatic hydroxyl groups is 1. The van der Waals surface area contributed by atoms with Crippen LogP contribution in [-0.2, 0) is 0 Å². The molecule has 116 valence electrons. The molecule has 1 aromatic rings. The molecule has 0 radical (unpaired) electrons. The Morgan fingerprint density at radius 3 is 2.86 bits per heavy atom. The standard InChI is InChI=1S/C17H26N2O2/c1-12-10-18-8-4-5-14(18)11-19(12)13(2)16-7-6-15(21-3)9-17(16)20/h6-7,9,12-14,20H,4-5,8,10-11H2,1-3H3. The maximum Gasteiger partial charge on any atom is 0.124 e. The van der Waals surface area contributed by atoms with Gasteiger partial charge in [0.15, 0.2) is 0 Å². The number of fused-ring (bicyclic) bond motifs is 1. The average molecular weight is 290 g/mol. The van der Waals surface area contributed by atoms with Crippen LogP contribution in [-0.4, -0.2) is 53.7 Å². The van der Waals surface area contributed by atoms with Gasteiger partial charge in [0.05, 0.1) is 7.11 Å². The monoisotopic (exact) mass is 290 g/mol. The first-order valence-corrected chi connectivity index (χ1v) is 7.97. The second kappa shape index (κ2) is 5.85. The van der Waals surface area contributed by atoms with Crippen LogP contribution in [0.3, 0.4) is 0 Å². The molecule has 4 heteroatoms. The maximum atomic E-state index is 10.3. The number of hydrogen-bond acceptors (Lipinski definition) is 4. The number of ether oxygens (including phenoxy) is 1. The molecule has 0 saturated carbocycles. The largest absolute Gasteiger partial charge is 0.507 e. The molecule has 0 amide bonds. The first-order chi connectivity index (χ1) is 10.1. The lowest BCUT2D eigenvalue weighted by Gasteiger charge is -2.45. The predicted octanol–water partition coefficient (Wildman–Crippen LogP) is 2.63. The summed E-state index contributed by atoms with van der Waals surface area (Å²) in [5.41, 5.74) is 0.995. The van der Waals surface area contributed by atoms with Gasteiger partial charge in [0.25, 0.3) is 0 Å². The molecular weight excluding hydrogens is 264 g/mol. The van der Waals surface area contributed by atoms with E-state index in [1.807, 2.05) is 12.1 Å². The number of hydrogen-bond donors (Lipinski definition) is 1. The molecule has 1 aromatic carbocycles. The van der Waals surface area contributed by atoms with E-state index in [1.165, 1.54) is 19.4 Å². The Labute approximate surface area is 127 Å². The number of phenols is 1. The minimum atomic E-state index is 0.230. The molecule has 0 aliphatic carbocycles. The third-order valence-corrected chi connectivity index (χ3v) is 5.17. The van der Waals surface area contributed by atoms with Crippen LogP contribution in [0.1, 0.15) is 38.3 Å². The highest BCUT2D eigenvalue weighted by atomic mass is 16.5. The summed E-state index contributed by atoms with van der Waals surface area (Å²) >= 11 is 0. The summed E-state index contributed by atoms with van der Waals surface area (Å²) in [5.74, 6) is 1.04. The lowest BCUT2D eigenvalue weighted by atomic mass is 10.00. The molecule has 3 rings (SSSR count). The normalized spacial score (nSPS) is 28.3. The van der Waals surface area contributed by atoms with Gasteiger partial charge >= 0.3 is 0 Å². The summed E-state index contributed by atoms with van der Waals surface area (Å²) in [6.07, 6.45) is 2.64. The SMILES string of the molecule is COc1ccc(C(C)N2CC3CCCN3CC2C)c(O)c1. The molecule has 2 heterocycles. The highest BCUT2D eigenvalue weighted by Crippen LogP contribution is 2.35. The number of nitrogens with zero attached hydrogens (tertiary/aromatic N) is 2. The van der Waals surface area contributed by atoms with Crippen molar-refractivity contribution in [1.82, 2.24) is 9.80 Å². The molecular formula is C17H26N2O2. The average Bonchev–Trinajstić information content (AvgIpc) is 2.92. The number of rotatable bonds is 3. The Morgan fingerprint density at radius 2 is 2.14 bits per heavy atom. The van der Waals surface area contributed by atoms with Gasteiger partial charge in [0.1, 0.15) is 11.5 Å². The molecule has 3 atom stereocenters. The quantitative estimate of drug-likeness (QED) is 0.928. The fraction of sp³-hybridized carbons (Fsp3) is 0.647. The van der Waals surface area contributed by atoms with Gasteiger partial charge in [-0.15, -0.1) is 0 Å². The highest BCUT2D eigenvalue weighted by molar-refractivity contribution is 5.41. The summed E-state index contributed by atoms with van der Waals surface area (Å²) in [5, 5.41) is 10.3. The molecule has 2 aliphatic heterocycles. The zero-order chi connectivity index (χ0) is 15.0. The van der Waals surface area contributed by atoms with Gasteiger partial charge in [-0.1, -0.05) is 6.07 Å². The van der Waals surface area contributed by atoms with E-state index in [2.05, 4.69) is 23.6 Å². The molecule has 21 heavy (non-hydrogen) atoms. The molecule has 0 spiro atoms. The van der Waals surface area contributed by atoms with Crippen molar-refractivity contribution >= 4 is 0 Å². The van der Waals surface area contributed by atoms with E-state index in [0.717, 1.165) is 18.7 Å². The van der Waals surface area contributed by atoms with Crippen molar-refractivity contribution in [2.75, 3.05) is 26.7 Å². The molecule has 2 aliphatic rings. The van der Waals surface area contributed by atoms with Crippen molar-refractivity contribution in [3.63, 3.8) is 0 Å². The highest BCUT2D eigenvalue weighted by Gasteiger charge is 2.36. The van der Waals surface area contributed by atoms with E-state index in [1.54, 1.807) is 13.2 Å². The topological polar surface area (TPSA) is 35.9 Å². The molecule has 2 fully saturated rings.